The summed E-state index contributed by atoms with van der Waals surface area (Å²) in [6.45, 7) is 2.11. The number of hydrogen-bond donors (Lipinski definition) is 1. The molecule has 0 bridgehead atoms. The van der Waals surface area contributed by atoms with Gasteiger partial charge in [-0.25, -0.2) is 0 Å². The molecule has 0 spiro atoms. The monoisotopic (exact) mass is 182 g/mol. The quantitative estimate of drug-likeness (QED) is 0.716. The second-order valence-electron chi connectivity index (χ2n) is 4.96. The van der Waals surface area contributed by atoms with Crippen LogP contribution in [0.5, 0.6) is 0 Å². The summed E-state index contributed by atoms with van der Waals surface area (Å²) in [7, 11) is 2.26. The Balaban J connectivity index is 1.78. The van der Waals surface area contributed by atoms with Gasteiger partial charge in [-0.15, -0.1) is 0 Å². The average Bonchev–Trinajstić information content (AvgIpc) is 2.39. The van der Waals surface area contributed by atoms with E-state index in [2.05, 4.69) is 11.9 Å². The van der Waals surface area contributed by atoms with E-state index < -0.39 is 0 Å². The zero-order chi connectivity index (χ0) is 9.26. The maximum Gasteiger partial charge on any atom is 0.00985 e. The lowest BCUT2D eigenvalue weighted by atomic mass is 9.80. The van der Waals surface area contributed by atoms with E-state index in [-0.39, 0.29) is 0 Å². The lowest BCUT2D eigenvalue weighted by molar-refractivity contribution is 0.205. The normalized spacial score (nSPS) is 36.5. The van der Waals surface area contributed by atoms with Crippen LogP contribution in [-0.2, 0) is 0 Å². The van der Waals surface area contributed by atoms with Crippen molar-refractivity contribution in [2.75, 3.05) is 20.1 Å². The molecule has 13 heavy (non-hydrogen) atoms. The van der Waals surface area contributed by atoms with Crippen LogP contribution in [0.1, 0.15) is 32.1 Å². The molecule has 0 radical (unpaired) electrons. The Hall–Kier alpha value is -0.0800. The first-order valence-corrected chi connectivity index (χ1v) is 5.70. The molecule has 1 saturated heterocycles. The standard InChI is InChI=1S/C11H22N2/c1-13-8-10(7-12)6-11(13)5-9-3-2-4-9/h9-11H,2-8,12H2,1H3. The molecule has 0 aromatic rings. The van der Waals surface area contributed by atoms with Crippen LogP contribution in [0.2, 0.25) is 0 Å². The summed E-state index contributed by atoms with van der Waals surface area (Å²) in [5.41, 5.74) is 5.71. The molecular weight excluding hydrogens is 160 g/mol. The molecule has 1 saturated carbocycles. The van der Waals surface area contributed by atoms with Crippen LogP contribution in [0.3, 0.4) is 0 Å². The van der Waals surface area contributed by atoms with Crippen LogP contribution in [-0.4, -0.2) is 31.1 Å². The van der Waals surface area contributed by atoms with Crippen molar-refractivity contribution in [1.29, 1.82) is 0 Å². The molecule has 0 aromatic heterocycles. The lowest BCUT2D eigenvalue weighted by Gasteiger charge is -2.30. The average molecular weight is 182 g/mol. The third-order valence-electron chi connectivity index (χ3n) is 3.94. The predicted molar refractivity (Wildman–Crippen MR) is 55.5 cm³/mol. The number of rotatable bonds is 3. The molecule has 2 aliphatic rings. The molecular formula is C11H22N2. The number of likely N-dealkylation sites (tertiary alicyclic amines) is 1. The minimum atomic E-state index is 0.773. The van der Waals surface area contributed by atoms with E-state index in [9.17, 15) is 0 Å². The van der Waals surface area contributed by atoms with E-state index in [0.29, 0.717) is 0 Å². The molecule has 1 aliphatic carbocycles. The Labute approximate surface area is 81.5 Å². The molecule has 1 aliphatic heterocycles. The van der Waals surface area contributed by atoms with Crippen molar-refractivity contribution in [3.05, 3.63) is 0 Å². The summed E-state index contributed by atoms with van der Waals surface area (Å²) < 4.78 is 0. The first-order chi connectivity index (χ1) is 6.29. The number of hydrogen-bond acceptors (Lipinski definition) is 2. The van der Waals surface area contributed by atoms with E-state index in [1.807, 2.05) is 0 Å². The topological polar surface area (TPSA) is 29.3 Å². The third-order valence-corrected chi connectivity index (χ3v) is 3.94. The van der Waals surface area contributed by atoms with Crippen molar-refractivity contribution < 1.29 is 0 Å². The van der Waals surface area contributed by atoms with E-state index in [1.54, 1.807) is 0 Å². The van der Waals surface area contributed by atoms with E-state index in [1.165, 1.54) is 38.6 Å². The van der Waals surface area contributed by atoms with E-state index in [4.69, 9.17) is 5.73 Å². The van der Waals surface area contributed by atoms with Crippen LogP contribution in [0.25, 0.3) is 0 Å². The van der Waals surface area contributed by atoms with Crippen LogP contribution in [0, 0.1) is 11.8 Å². The number of nitrogens with zero attached hydrogens (tertiary/aromatic N) is 1. The fraction of sp³-hybridized carbons (Fsp3) is 1.00. The summed E-state index contributed by atoms with van der Waals surface area (Å²) in [6.07, 6.45) is 7.23. The maximum atomic E-state index is 5.71. The molecule has 2 fully saturated rings. The lowest BCUT2D eigenvalue weighted by Crippen LogP contribution is -2.29. The van der Waals surface area contributed by atoms with Gasteiger partial charge < -0.3 is 10.6 Å². The van der Waals surface area contributed by atoms with Gasteiger partial charge in [0.1, 0.15) is 0 Å². The molecule has 2 heteroatoms. The number of nitrogens with two attached hydrogens (primary N) is 1. The summed E-state index contributed by atoms with van der Waals surface area (Å²) in [6, 6.07) is 0.846. The minimum Gasteiger partial charge on any atom is -0.330 e. The summed E-state index contributed by atoms with van der Waals surface area (Å²) in [5.74, 6) is 1.82. The zero-order valence-corrected chi connectivity index (χ0v) is 8.71. The largest absolute Gasteiger partial charge is 0.330 e. The van der Waals surface area contributed by atoms with Gasteiger partial charge in [-0.2, -0.15) is 0 Å². The Bertz CT molecular complexity index is 165. The van der Waals surface area contributed by atoms with Gasteiger partial charge in [-0.3, -0.25) is 0 Å². The molecule has 2 N–H and O–H groups in total. The molecule has 2 rings (SSSR count). The maximum absolute atomic E-state index is 5.71. The van der Waals surface area contributed by atoms with Gasteiger partial charge in [-0.1, -0.05) is 19.3 Å². The highest BCUT2D eigenvalue weighted by Crippen LogP contribution is 2.35. The summed E-state index contributed by atoms with van der Waals surface area (Å²) in [5, 5.41) is 0. The van der Waals surface area contributed by atoms with Crippen molar-refractivity contribution in [3.8, 4) is 0 Å². The third kappa shape index (κ3) is 2.05. The Morgan fingerprint density at radius 1 is 1.31 bits per heavy atom. The minimum absolute atomic E-state index is 0.773. The van der Waals surface area contributed by atoms with Gasteiger partial charge in [0.15, 0.2) is 0 Å². The fourth-order valence-corrected chi connectivity index (χ4v) is 2.76. The van der Waals surface area contributed by atoms with Gasteiger partial charge in [0.25, 0.3) is 0 Å². The fourth-order valence-electron chi connectivity index (χ4n) is 2.76. The molecule has 2 atom stereocenters. The molecule has 1 heterocycles. The van der Waals surface area contributed by atoms with Crippen molar-refractivity contribution >= 4 is 0 Å². The van der Waals surface area contributed by atoms with Gasteiger partial charge >= 0.3 is 0 Å². The van der Waals surface area contributed by atoms with Crippen LogP contribution in [0.15, 0.2) is 0 Å². The van der Waals surface area contributed by atoms with Crippen LogP contribution < -0.4 is 5.73 Å². The highest BCUT2D eigenvalue weighted by molar-refractivity contribution is 4.86. The first-order valence-electron chi connectivity index (χ1n) is 5.70. The smallest absolute Gasteiger partial charge is 0.00985 e. The van der Waals surface area contributed by atoms with Gasteiger partial charge in [0, 0.05) is 12.6 Å². The van der Waals surface area contributed by atoms with Crippen molar-refractivity contribution in [1.82, 2.24) is 4.90 Å². The van der Waals surface area contributed by atoms with Crippen molar-refractivity contribution in [2.45, 2.75) is 38.1 Å². The van der Waals surface area contributed by atoms with E-state index in [0.717, 1.165) is 24.4 Å². The highest BCUT2D eigenvalue weighted by atomic mass is 15.2. The second kappa shape index (κ2) is 3.97. The molecule has 76 valence electrons. The summed E-state index contributed by atoms with van der Waals surface area (Å²) >= 11 is 0. The molecule has 0 amide bonds. The van der Waals surface area contributed by atoms with Crippen molar-refractivity contribution in [2.24, 2.45) is 17.6 Å². The van der Waals surface area contributed by atoms with E-state index >= 15 is 0 Å². The Kier molecular flexibility index (Phi) is 2.89. The Morgan fingerprint density at radius 3 is 2.54 bits per heavy atom. The SMILES string of the molecule is CN1CC(CN)CC1CC1CCC1. The highest BCUT2D eigenvalue weighted by Gasteiger charge is 2.31. The molecule has 0 aromatic carbocycles. The Morgan fingerprint density at radius 2 is 2.08 bits per heavy atom. The summed E-state index contributed by atoms with van der Waals surface area (Å²) in [4.78, 5) is 2.52. The molecule has 2 nitrogen and oxygen atoms in total. The van der Waals surface area contributed by atoms with Gasteiger partial charge in [0.2, 0.25) is 0 Å². The zero-order valence-electron chi connectivity index (χ0n) is 8.71. The van der Waals surface area contributed by atoms with Crippen LogP contribution >= 0.6 is 0 Å². The van der Waals surface area contributed by atoms with Gasteiger partial charge in [0.05, 0.1) is 0 Å². The first kappa shape index (κ1) is 9.47. The van der Waals surface area contributed by atoms with Gasteiger partial charge in [-0.05, 0) is 38.3 Å². The molecule has 2 unspecified atom stereocenters. The predicted octanol–water partition coefficient (Wildman–Crippen LogP) is 1.46. The van der Waals surface area contributed by atoms with Crippen molar-refractivity contribution in [3.63, 3.8) is 0 Å². The van der Waals surface area contributed by atoms with Crippen LogP contribution in [0.4, 0.5) is 0 Å². The second-order valence-corrected chi connectivity index (χ2v) is 4.96.